The zero-order valence-electron chi connectivity index (χ0n) is 10.7. The molecule has 3 nitrogen and oxygen atoms in total. The van der Waals surface area contributed by atoms with E-state index in [1.165, 1.54) is 0 Å². The molecule has 1 aromatic carbocycles. The predicted molar refractivity (Wildman–Crippen MR) is 76.7 cm³/mol. The molecular formula is C14H21ClN2O. The molecule has 0 aliphatic carbocycles. The highest BCUT2D eigenvalue weighted by Crippen LogP contribution is 2.19. The molecule has 0 aliphatic heterocycles. The molecule has 2 unspecified atom stereocenters. The SMILES string of the molecule is C=CCCCC(NN)C(C)Oc1cccc(Cl)c1. The maximum Gasteiger partial charge on any atom is 0.121 e. The van der Waals surface area contributed by atoms with Crippen molar-refractivity contribution in [1.29, 1.82) is 0 Å². The van der Waals surface area contributed by atoms with Gasteiger partial charge < -0.3 is 4.74 Å². The summed E-state index contributed by atoms with van der Waals surface area (Å²) in [6.07, 6.45) is 4.88. The number of hydrogen-bond donors (Lipinski definition) is 2. The Labute approximate surface area is 114 Å². The number of ether oxygens (including phenoxy) is 1. The normalized spacial score (nSPS) is 13.9. The van der Waals surface area contributed by atoms with E-state index in [4.69, 9.17) is 22.2 Å². The van der Waals surface area contributed by atoms with Crippen LogP contribution in [0.1, 0.15) is 26.2 Å². The molecule has 1 rings (SSSR count). The average Bonchev–Trinajstić information content (AvgIpc) is 2.34. The van der Waals surface area contributed by atoms with E-state index in [2.05, 4.69) is 12.0 Å². The first-order valence-corrected chi connectivity index (χ1v) is 6.54. The number of halogens is 1. The fourth-order valence-electron chi connectivity index (χ4n) is 1.77. The van der Waals surface area contributed by atoms with Gasteiger partial charge in [0.05, 0.1) is 6.04 Å². The molecule has 0 amide bonds. The third-order valence-corrected chi connectivity index (χ3v) is 3.06. The monoisotopic (exact) mass is 268 g/mol. The molecule has 0 bridgehead atoms. The molecule has 0 aromatic heterocycles. The molecule has 0 aliphatic rings. The third-order valence-electron chi connectivity index (χ3n) is 2.82. The molecule has 0 spiro atoms. The Kier molecular flexibility index (Phi) is 6.80. The van der Waals surface area contributed by atoms with Gasteiger partial charge in [-0.3, -0.25) is 11.3 Å². The fraction of sp³-hybridized carbons (Fsp3) is 0.429. The van der Waals surface area contributed by atoms with Crippen LogP contribution in [0.3, 0.4) is 0 Å². The van der Waals surface area contributed by atoms with Gasteiger partial charge in [-0.25, -0.2) is 0 Å². The summed E-state index contributed by atoms with van der Waals surface area (Å²) < 4.78 is 5.83. The van der Waals surface area contributed by atoms with E-state index >= 15 is 0 Å². The molecule has 3 N–H and O–H groups in total. The number of allylic oxidation sites excluding steroid dienone is 1. The summed E-state index contributed by atoms with van der Waals surface area (Å²) in [7, 11) is 0. The van der Waals surface area contributed by atoms with Crippen LogP contribution in [0, 0.1) is 0 Å². The van der Waals surface area contributed by atoms with Crippen LogP contribution in [0.25, 0.3) is 0 Å². The summed E-state index contributed by atoms with van der Waals surface area (Å²) in [6.45, 7) is 5.71. The summed E-state index contributed by atoms with van der Waals surface area (Å²) in [4.78, 5) is 0. The quantitative estimate of drug-likeness (QED) is 0.329. The van der Waals surface area contributed by atoms with Crippen molar-refractivity contribution in [2.24, 2.45) is 5.84 Å². The van der Waals surface area contributed by atoms with Crippen LogP contribution < -0.4 is 16.0 Å². The van der Waals surface area contributed by atoms with Gasteiger partial charge in [0.15, 0.2) is 0 Å². The van der Waals surface area contributed by atoms with Gasteiger partial charge in [0.2, 0.25) is 0 Å². The molecule has 2 atom stereocenters. The Balaban J connectivity index is 2.50. The number of nitrogens with two attached hydrogens (primary N) is 1. The van der Waals surface area contributed by atoms with Gasteiger partial charge in [0.25, 0.3) is 0 Å². The van der Waals surface area contributed by atoms with Gasteiger partial charge in [-0.2, -0.15) is 0 Å². The number of hydrogen-bond acceptors (Lipinski definition) is 3. The van der Waals surface area contributed by atoms with E-state index in [1.807, 2.05) is 31.2 Å². The Morgan fingerprint density at radius 1 is 1.56 bits per heavy atom. The summed E-state index contributed by atoms with van der Waals surface area (Å²) in [5.41, 5.74) is 2.80. The number of hydrazine groups is 1. The highest BCUT2D eigenvalue weighted by Gasteiger charge is 2.16. The van der Waals surface area contributed by atoms with Crippen molar-refractivity contribution in [3.8, 4) is 5.75 Å². The zero-order chi connectivity index (χ0) is 13.4. The van der Waals surface area contributed by atoms with Gasteiger partial charge in [-0.1, -0.05) is 23.7 Å². The van der Waals surface area contributed by atoms with Crippen LogP contribution in [0.4, 0.5) is 0 Å². The minimum Gasteiger partial charge on any atom is -0.489 e. The molecule has 0 fully saturated rings. The lowest BCUT2D eigenvalue weighted by molar-refractivity contribution is 0.163. The first-order valence-electron chi connectivity index (χ1n) is 6.16. The Morgan fingerprint density at radius 2 is 2.33 bits per heavy atom. The van der Waals surface area contributed by atoms with E-state index < -0.39 is 0 Å². The number of rotatable bonds is 8. The van der Waals surface area contributed by atoms with E-state index in [9.17, 15) is 0 Å². The van der Waals surface area contributed by atoms with Crippen molar-refractivity contribution in [2.45, 2.75) is 38.3 Å². The van der Waals surface area contributed by atoms with E-state index in [0.29, 0.717) is 5.02 Å². The third kappa shape index (κ3) is 5.08. The van der Waals surface area contributed by atoms with Crippen LogP contribution in [0.5, 0.6) is 5.75 Å². The molecular weight excluding hydrogens is 248 g/mol. The number of benzene rings is 1. The van der Waals surface area contributed by atoms with Crippen LogP contribution in [-0.4, -0.2) is 12.1 Å². The fourth-order valence-corrected chi connectivity index (χ4v) is 1.95. The Hall–Kier alpha value is -1.03. The standard InChI is InChI=1S/C14H21ClN2O/c1-3-4-5-9-14(17-16)11(2)18-13-8-6-7-12(15)10-13/h3,6-8,10-11,14,17H,1,4-5,9,16H2,2H3. The lowest BCUT2D eigenvalue weighted by Gasteiger charge is -2.24. The summed E-state index contributed by atoms with van der Waals surface area (Å²) in [6, 6.07) is 7.49. The topological polar surface area (TPSA) is 47.3 Å². The Morgan fingerprint density at radius 3 is 2.94 bits per heavy atom. The van der Waals surface area contributed by atoms with Gasteiger partial charge in [-0.15, -0.1) is 6.58 Å². The van der Waals surface area contributed by atoms with Crippen molar-refractivity contribution in [2.75, 3.05) is 0 Å². The summed E-state index contributed by atoms with van der Waals surface area (Å²) >= 11 is 5.91. The van der Waals surface area contributed by atoms with Crippen molar-refractivity contribution in [3.63, 3.8) is 0 Å². The molecule has 1 aromatic rings. The van der Waals surface area contributed by atoms with Gasteiger partial charge in [0, 0.05) is 5.02 Å². The number of unbranched alkanes of at least 4 members (excludes halogenated alkanes) is 1. The van der Waals surface area contributed by atoms with E-state index in [0.717, 1.165) is 25.0 Å². The predicted octanol–water partition coefficient (Wildman–Crippen LogP) is 3.30. The van der Waals surface area contributed by atoms with Crippen molar-refractivity contribution < 1.29 is 4.74 Å². The van der Waals surface area contributed by atoms with Crippen molar-refractivity contribution in [3.05, 3.63) is 41.9 Å². The van der Waals surface area contributed by atoms with Crippen molar-refractivity contribution in [1.82, 2.24) is 5.43 Å². The largest absolute Gasteiger partial charge is 0.489 e. The van der Waals surface area contributed by atoms with Gasteiger partial charge >= 0.3 is 0 Å². The Bertz CT molecular complexity index is 371. The molecule has 0 saturated carbocycles. The molecule has 0 heterocycles. The average molecular weight is 269 g/mol. The lowest BCUT2D eigenvalue weighted by Crippen LogP contribution is -2.45. The van der Waals surface area contributed by atoms with E-state index in [1.54, 1.807) is 6.07 Å². The first kappa shape index (κ1) is 15.0. The zero-order valence-corrected chi connectivity index (χ0v) is 11.5. The van der Waals surface area contributed by atoms with Crippen molar-refractivity contribution >= 4 is 11.6 Å². The minimum atomic E-state index is -0.0155. The van der Waals surface area contributed by atoms with Crippen LogP contribution in [0.2, 0.25) is 5.02 Å². The smallest absolute Gasteiger partial charge is 0.121 e. The second kappa shape index (κ2) is 8.14. The number of nitrogens with one attached hydrogen (secondary N) is 1. The van der Waals surface area contributed by atoms with Crippen LogP contribution >= 0.6 is 11.6 Å². The first-order chi connectivity index (χ1) is 8.67. The maximum absolute atomic E-state index is 5.91. The van der Waals surface area contributed by atoms with Crippen LogP contribution in [0.15, 0.2) is 36.9 Å². The maximum atomic E-state index is 5.91. The molecule has 100 valence electrons. The second-order valence-electron chi connectivity index (χ2n) is 4.27. The van der Waals surface area contributed by atoms with Crippen LogP contribution in [-0.2, 0) is 0 Å². The van der Waals surface area contributed by atoms with E-state index in [-0.39, 0.29) is 12.1 Å². The highest BCUT2D eigenvalue weighted by molar-refractivity contribution is 6.30. The lowest BCUT2D eigenvalue weighted by atomic mass is 10.1. The highest BCUT2D eigenvalue weighted by atomic mass is 35.5. The molecule has 4 heteroatoms. The molecule has 18 heavy (non-hydrogen) atoms. The minimum absolute atomic E-state index is 0.0155. The molecule has 0 radical (unpaired) electrons. The van der Waals surface area contributed by atoms with Gasteiger partial charge in [-0.05, 0) is 44.4 Å². The summed E-state index contributed by atoms with van der Waals surface area (Å²) in [5, 5.41) is 0.670. The summed E-state index contributed by atoms with van der Waals surface area (Å²) in [5.74, 6) is 6.32. The second-order valence-corrected chi connectivity index (χ2v) is 4.71. The molecule has 0 saturated heterocycles. The van der Waals surface area contributed by atoms with Gasteiger partial charge in [0.1, 0.15) is 11.9 Å².